The van der Waals surface area contributed by atoms with E-state index in [1.807, 2.05) is 13.0 Å². The van der Waals surface area contributed by atoms with Crippen molar-refractivity contribution in [3.63, 3.8) is 0 Å². The maximum absolute atomic E-state index is 13.3. The fraction of sp³-hybridized carbons (Fsp3) is 0.455. The van der Waals surface area contributed by atoms with Crippen LogP contribution in [0, 0.1) is 5.92 Å². The third-order valence-electron chi connectivity index (χ3n) is 5.76. The summed E-state index contributed by atoms with van der Waals surface area (Å²) in [4.78, 5) is 27.3. The molecule has 0 radical (unpaired) electrons. The van der Waals surface area contributed by atoms with E-state index in [0.717, 1.165) is 43.2 Å². The van der Waals surface area contributed by atoms with Gasteiger partial charge in [-0.3, -0.25) is 14.5 Å². The van der Waals surface area contributed by atoms with Crippen LogP contribution in [-0.2, 0) is 17.6 Å². The molecule has 1 amide bonds. The van der Waals surface area contributed by atoms with E-state index in [2.05, 4.69) is 34.5 Å². The van der Waals surface area contributed by atoms with Crippen molar-refractivity contribution < 1.29 is 9.59 Å². The Hall–Kier alpha value is -2.20. The van der Waals surface area contributed by atoms with E-state index >= 15 is 0 Å². The molecule has 26 heavy (non-hydrogen) atoms. The molecule has 2 aromatic carbocycles. The minimum absolute atomic E-state index is 0.0170. The van der Waals surface area contributed by atoms with Gasteiger partial charge in [-0.1, -0.05) is 30.3 Å². The number of benzene rings is 2. The van der Waals surface area contributed by atoms with Crippen LogP contribution in [0.2, 0.25) is 0 Å². The molecule has 2 aliphatic rings. The summed E-state index contributed by atoms with van der Waals surface area (Å²) in [6, 6.07) is 10.5. The van der Waals surface area contributed by atoms with E-state index in [0.29, 0.717) is 19.6 Å². The fourth-order valence-electron chi connectivity index (χ4n) is 4.55. The van der Waals surface area contributed by atoms with Crippen molar-refractivity contribution >= 4 is 22.5 Å². The highest BCUT2D eigenvalue weighted by atomic mass is 16.2. The van der Waals surface area contributed by atoms with Gasteiger partial charge in [-0.05, 0) is 61.1 Å². The van der Waals surface area contributed by atoms with Gasteiger partial charge < -0.3 is 5.32 Å². The first kappa shape index (κ1) is 17.2. The van der Waals surface area contributed by atoms with E-state index in [1.165, 1.54) is 16.5 Å². The van der Waals surface area contributed by atoms with Gasteiger partial charge in [0.1, 0.15) is 0 Å². The lowest BCUT2D eigenvalue weighted by Crippen LogP contribution is -2.44. The second-order valence-corrected chi connectivity index (χ2v) is 7.50. The normalized spacial score (nSPS) is 19.7. The number of amides is 1. The van der Waals surface area contributed by atoms with E-state index in [4.69, 9.17) is 0 Å². The second-order valence-electron chi connectivity index (χ2n) is 7.50. The van der Waals surface area contributed by atoms with Crippen LogP contribution < -0.4 is 5.32 Å². The minimum atomic E-state index is -0.0170. The third-order valence-corrected chi connectivity index (χ3v) is 5.76. The number of Topliss-reactive ketones (excluding diaryl/α,β-unsaturated/α-hetero) is 1. The third kappa shape index (κ3) is 3.14. The van der Waals surface area contributed by atoms with Crippen molar-refractivity contribution in [2.24, 2.45) is 5.92 Å². The van der Waals surface area contributed by atoms with Gasteiger partial charge in [0.25, 0.3) is 0 Å². The number of nitrogens with one attached hydrogen (secondary N) is 1. The molecule has 0 unspecified atom stereocenters. The second kappa shape index (κ2) is 7.20. The largest absolute Gasteiger partial charge is 0.355 e. The lowest BCUT2D eigenvalue weighted by atomic mass is 9.87. The quantitative estimate of drug-likeness (QED) is 0.844. The van der Waals surface area contributed by atoms with Crippen molar-refractivity contribution in [2.75, 3.05) is 26.2 Å². The molecule has 0 aromatic heterocycles. The molecule has 1 atom stereocenters. The summed E-state index contributed by atoms with van der Waals surface area (Å²) >= 11 is 0. The van der Waals surface area contributed by atoms with Crippen LogP contribution in [0.15, 0.2) is 30.3 Å². The summed E-state index contributed by atoms with van der Waals surface area (Å²) in [5.74, 6) is 0.267. The van der Waals surface area contributed by atoms with Crippen molar-refractivity contribution in [1.29, 1.82) is 0 Å². The fourth-order valence-corrected chi connectivity index (χ4v) is 4.55. The smallest absolute Gasteiger partial charge is 0.234 e. The molecule has 1 heterocycles. The lowest BCUT2D eigenvalue weighted by Gasteiger charge is -2.31. The SMILES string of the molecule is CCNC(=O)CN1CCC[C@H](C(=O)c2ccc3c4c(cccc24)CC3)C1. The van der Waals surface area contributed by atoms with Crippen LogP contribution in [0.1, 0.15) is 41.3 Å². The average Bonchev–Trinajstić information content (AvgIpc) is 3.07. The van der Waals surface area contributed by atoms with Crippen molar-refractivity contribution in [3.8, 4) is 0 Å². The molecular weight excluding hydrogens is 324 g/mol. The van der Waals surface area contributed by atoms with Gasteiger partial charge in [-0.15, -0.1) is 0 Å². The van der Waals surface area contributed by atoms with E-state index in [1.54, 1.807) is 0 Å². The number of likely N-dealkylation sites (N-methyl/N-ethyl adjacent to an activating group) is 1. The standard InChI is InChI=1S/C22H26N2O2/c1-2-23-20(25)14-24-12-4-6-17(13-24)22(26)19-11-10-16-9-8-15-5-3-7-18(19)21(15)16/h3,5,7,10-11,17H,2,4,6,8-9,12-14H2,1H3,(H,23,25)/t17-/m0/s1. The van der Waals surface area contributed by atoms with Crippen LogP contribution in [0.5, 0.6) is 0 Å². The van der Waals surface area contributed by atoms with Gasteiger partial charge in [0.15, 0.2) is 5.78 Å². The molecule has 0 bridgehead atoms. The Kier molecular flexibility index (Phi) is 4.77. The Morgan fingerprint density at radius 3 is 2.77 bits per heavy atom. The number of hydrogen-bond donors (Lipinski definition) is 1. The highest BCUT2D eigenvalue weighted by molar-refractivity contribution is 6.11. The number of piperidine rings is 1. The summed E-state index contributed by atoms with van der Waals surface area (Å²) in [5, 5.41) is 5.26. The zero-order chi connectivity index (χ0) is 18.1. The van der Waals surface area contributed by atoms with Crippen LogP contribution >= 0.6 is 0 Å². The monoisotopic (exact) mass is 350 g/mol. The minimum Gasteiger partial charge on any atom is -0.355 e. The van der Waals surface area contributed by atoms with Gasteiger partial charge in [0.05, 0.1) is 6.54 Å². The zero-order valence-corrected chi connectivity index (χ0v) is 15.4. The van der Waals surface area contributed by atoms with E-state index < -0.39 is 0 Å². The average molecular weight is 350 g/mol. The molecular formula is C22H26N2O2. The predicted octanol–water partition coefficient (Wildman–Crippen LogP) is 2.97. The van der Waals surface area contributed by atoms with Crippen LogP contribution in [-0.4, -0.2) is 42.8 Å². The van der Waals surface area contributed by atoms with Crippen LogP contribution in [0.4, 0.5) is 0 Å². The molecule has 1 fully saturated rings. The summed E-state index contributed by atoms with van der Waals surface area (Å²) in [6.45, 7) is 4.54. The summed E-state index contributed by atoms with van der Waals surface area (Å²) in [5.41, 5.74) is 3.60. The van der Waals surface area contributed by atoms with Gasteiger partial charge in [0.2, 0.25) is 5.91 Å². The Morgan fingerprint density at radius 1 is 1.15 bits per heavy atom. The van der Waals surface area contributed by atoms with Gasteiger partial charge in [-0.25, -0.2) is 0 Å². The number of carbonyl (C=O) groups excluding carboxylic acids is 2. The molecule has 4 rings (SSSR count). The number of nitrogens with zero attached hydrogens (tertiary/aromatic N) is 1. The number of likely N-dealkylation sites (tertiary alicyclic amines) is 1. The van der Waals surface area contributed by atoms with Crippen LogP contribution in [0.3, 0.4) is 0 Å². The lowest BCUT2D eigenvalue weighted by molar-refractivity contribution is -0.122. The number of rotatable bonds is 5. The zero-order valence-electron chi connectivity index (χ0n) is 15.4. The predicted molar refractivity (Wildman–Crippen MR) is 104 cm³/mol. The maximum atomic E-state index is 13.3. The van der Waals surface area contributed by atoms with Crippen LogP contribution in [0.25, 0.3) is 10.8 Å². The number of ketones is 1. The molecule has 1 aliphatic carbocycles. The molecule has 0 saturated carbocycles. The van der Waals surface area contributed by atoms with Gasteiger partial charge >= 0.3 is 0 Å². The molecule has 4 heteroatoms. The molecule has 2 aromatic rings. The Labute approximate surface area is 154 Å². The maximum Gasteiger partial charge on any atom is 0.234 e. The van der Waals surface area contributed by atoms with Gasteiger partial charge in [0, 0.05) is 24.6 Å². The first-order valence-corrected chi connectivity index (χ1v) is 9.74. The molecule has 136 valence electrons. The Balaban J connectivity index is 1.56. The highest BCUT2D eigenvalue weighted by Crippen LogP contribution is 2.34. The summed E-state index contributed by atoms with van der Waals surface area (Å²) in [6.07, 6.45) is 4.03. The molecule has 1 N–H and O–H groups in total. The molecule has 4 nitrogen and oxygen atoms in total. The first-order valence-electron chi connectivity index (χ1n) is 9.74. The van der Waals surface area contributed by atoms with Crippen molar-refractivity contribution in [1.82, 2.24) is 10.2 Å². The number of carbonyl (C=O) groups is 2. The van der Waals surface area contributed by atoms with Crippen molar-refractivity contribution in [2.45, 2.75) is 32.6 Å². The Morgan fingerprint density at radius 2 is 1.96 bits per heavy atom. The number of aryl methyl sites for hydroxylation is 2. The first-order chi connectivity index (χ1) is 12.7. The van der Waals surface area contributed by atoms with Crippen molar-refractivity contribution in [3.05, 3.63) is 47.0 Å². The number of hydrogen-bond acceptors (Lipinski definition) is 3. The van der Waals surface area contributed by atoms with E-state index in [9.17, 15) is 9.59 Å². The molecule has 1 aliphatic heterocycles. The molecule has 1 saturated heterocycles. The Bertz CT molecular complexity index is 848. The topological polar surface area (TPSA) is 49.4 Å². The van der Waals surface area contributed by atoms with Gasteiger partial charge in [-0.2, -0.15) is 0 Å². The summed E-state index contributed by atoms with van der Waals surface area (Å²) in [7, 11) is 0. The summed E-state index contributed by atoms with van der Waals surface area (Å²) < 4.78 is 0. The van der Waals surface area contributed by atoms with E-state index in [-0.39, 0.29) is 17.6 Å². The highest BCUT2D eigenvalue weighted by Gasteiger charge is 2.29. The molecule has 0 spiro atoms.